The number of benzene rings is 1. The summed E-state index contributed by atoms with van der Waals surface area (Å²) in [6.45, 7) is 5.06. The van der Waals surface area contributed by atoms with Gasteiger partial charge < -0.3 is 0 Å². The summed E-state index contributed by atoms with van der Waals surface area (Å²) in [5, 5.41) is 4.18. The van der Waals surface area contributed by atoms with Crippen molar-refractivity contribution < 1.29 is 4.79 Å². The van der Waals surface area contributed by atoms with Crippen LogP contribution < -0.4 is 0 Å². The van der Waals surface area contributed by atoms with Crippen LogP contribution in [0.1, 0.15) is 31.7 Å². The van der Waals surface area contributed by atoms with Gasteiger partial charge in [0.15, 0.2) is 0 Å². The molecule has 2 aromatic rings. The topological polar surface area (TPSA) is 47.8 Å². The van der Waals surface area contributed by atoms with Gasteiger partial charge in [-0.1, -0.05) is 44.2 Å². The van der Waals surface area contributed by atoms with Crippen LogP contribution in [0.3, 0.4) is 0 Å². The van der Waals surface area contributed by atoms with Gasteiger partial charge in [0.2, 0.25) is 0 Å². The third-order valence-electron chi connectivity index (χ3n) is 3.12. The minimum Gasteiger partial charge on any atom is -0.299 e. The molecule has 0 atom stereocenters. The van der Waals surface area contributed by atoms with Gasteiger partial charge in [0.25, 0.3) is 0 Å². The van der Waals surface area contributed by atoms with Crippen LogP contribution in [0.25, 0.3) is 0 Å². The van der Waals surface area contributed by atoms with E-state index in [0.29, 0.717) is 18.8 Å². The van der Waals surface area contributed by atoms with Gasteiger partial charge in [-0.25, -0.2) is 9.67 Å². The van der Waals surface area contributed by atoms with E-state index < -0.39 is 0 Å². The van der Waals surface area contributed by atoms with Gasteiger partial charge in [-0.3, -0.25) is 4.79 Å². The van der Waals surface area contributed by atoms with Gasteiger partial charge >= 0.3 is 0 Å². The number of hydrogen-bond donors (Lipinski definition) is 0. The summed E-state index contributed by atoms with van der Waals surface area (Å²) in [5.41, 5.74) is 1.20. The van der Waals surface area contributed by atoms with E-state index in [1.165, 1.54) is 11.9 Å². The quantitative estimate of drug-likeness (QED) is 0.778. The lowest BCUT2D eigenvalue weighted by Crippen LogP contribution is -2.14. The Kier molecular flexibility index (Phi) is 5.04. The number of hydrogen-bond acceptors (Lipinski definition) is 3. The summed E-state index contributed by atoms with van der Waals surface area (Å²) in [5.74, 6) is 1.48. The van der Waals surface area contributed by atoms with Crippen molar-refractivity contribution in [3.8, 4) is 0 Å². The number of carbonyl (C=O) groups excluding carboxylic acids is 1. The van der Waals surface area contributed by atoms with Gasteiger partial charge in [0.1, 0.15) is 17.9 Å². The molecular formula is C16H21N3O. The fourth-order valence-electron chi connectivity index (χ4n) is 2.12. The van der Waals surface area contributed by atoms with Crippen LogP contribution in [0.15, 0.2) is 36.7 Å². The molecule has 106 valence electrons. The Balaban J connectivity index is 1.87. The molecule has 4 heteroatoms. The first-order valence-corrected chi connectivity index (χ1v) is 7.07. The van der Waals surface area contributed by atoms with Gasteiger partial charge in [0, 0.05) is 13.0 Å². The van der Waals surface area contributed by atoms with Gasteiger partial charge in [-0.05, 0) is 17.9 Å². The zero-order valence-electron chi connectivity index (χ0n) is 12.1. The number of aromatic nitrogens is 3. The molecule has 1 aromatic carbocycles. The van der Waals surface area contributed by atoms with Crippen molar-refractivity contribution in [2.24, 2.45) is 5.92 Å². The highest BCUT2D eigenvalue weighted by Crippen LogP contribution is 2.07. The van der Waals surface area contributed by atoms with Crippen molar-refractivity contribution in [3.63, 3.8) is 0 Å². The van der Waals surface area contributed by atoms with Crippen LogP contribution in [0.5, 0.6) is 0 Å². The zero-order chi connectivity index (χ0) is 14.4. The van der Waals surface area contributed by atoms with Crippen LogP contribution >= 0.6 is 0 Å². The van der Waals surface area contributed by atoms with E-state index >= 15 is 0 Å². The molecule has 0 N–H and O–H groups in total. The van der Waals surface area contributed by atoms with Gasteiger partial charge in [0.05, 0.1) is 6.42 Å². The van der Waals surface area contributed by atoms with Gasteiger partial charge in [-0.15, -0.1) is 0 Å². The molecule has 1 aromatic heterocycles. The molecule has 0 bridgehead atoms. The molecule has 0 aliphatic rings. The molecule has 0 radical (unpaired) electrons. The largest absolute Gasteiger partial charge is 0.299 e. The fourth-order valence-corrected chi connectivity index (χ4v) is 2.12. The Hall–Kier alpha value is -1.97. The fraction of sp³-hybridized carbons (Fsp3) is 0.438. The normalized spacial score (nSPS) is 10.9. The van der Waals surface area contributed by atoms with Crippen LogP contribution in [0.2, 0.25) is 0 Å². The second-order valence-electron chi connectivity index (χ2n) is 5.45. The summed E-state index contributed by atoms with van der Waals surface area (Å²) in [6.07, 6.45) is 3.25. The number of aryl methyl sites for hydroxylation is 1. The second kappa shape index (κ2) is 6.98. The lowest BCUT2D eigenvalue weighted by Gasteiger charge is -2.08. The molecule has 0 saturated heterocycles. The van der Waals surface area contributed by atoms with E-state index in [9.17, 15) is 4.79 Å². The Morgan fingerprint density at radius 2 is 2.00 bits per heavy atom. The Morgan fingerprint density at radius 3 is 2.70 bits per heavy atom. The molecule has 0 saturated carbocycles. The second-order valence-corrected chi connectivity index (χ2v) is 5.45. The zero-order valence-corrected chi connectivity index (χ0v) is 12.1. The maximum atomic E-state index is 12.0. The molecular weight excluding hydrogens is 250 g/mol. The standard InChI is InChI=1S/C16H21N3O/c1-13(2)11-19-16(17-12-18-19)10-15(20)9-8-14-6-4-3-5-7-14/h3-7,12-13H,8-11H2,1-2H3. The highest BCUT2D eigenvalue weighted by atomic mass is 16.1. The number of ketones is 1. The first-order valence-electron chi connectivity index (χ1n) is 7.07. The molecule has 1 heterocycles. The number of carbonyl (C=O) groups is 1. The minimum absolute atomic E-state index is 0.215. The molecule has 0 fully saturated rings. The van der Waals surface area contributed by atoms with E-state index in [0.717, 1.165) is 18.8 Å². The van der Waals surface area contributed by atoms with E-state index in [4.69, 9.17) is 0 Å². The van der Waals surface area contributed by atoms with Crippen LogP contribution in [0.4, 0.5) is 0 Å². The van der Waals surface area contributed by atoms with Crippen LogP contribution in [-0.2, 0) is 24.2 Å². The first-order chi connectivity index (χ1) is 9.65. The smallest absolute Gasteiger partial charge is 0.140 e. The molecule has 0 unspecified atom stereocenters. The Morgan fingerprint density at radius 1 is 1.25 bits per heavy atom. The Bertz CT molecular complexity index is 546. The molecule has 2 rings (SSSR count). The van der Waals surface area contributed by atoms with Gasteiger partial charge in [-0.2, -0.15) is 5.10 Å². The number of rotatable bonds is 7. The van der Waals surface area contributed by atoms with E-state index in [1.807, 2.05) is 22.9 Å². The van der Waals surface area contributed by atoms with Crippen molar-refractivity contribution in [2.45, 2.75) is 39.7 Å². The SMILES string of the molecule is CC(C)Cn1ncnc1CC(=O)CCc1ccccc1. The molecule has 0 aliphatic carbocycles. The van der Waals surface area contributed by atoms with E-state index in [1.54, 1.807) is 0 Å². The number of Topliss-reactive ketones (excluding diaryl/α,β-unsaturated/α-hetero) is 1. The summed E-state index contributed by atoms with van der Waals surface area (Å²) in [4.78, 5) is 16.2. The maximum Gasteiger partial charge on any atom is 0.140 e. The predicted octanol–water partition coefficient (Wildman–Crippen LogP) is 2.68. The molecule has 0 aliphatic heterocycles. The van der Waals surface area contributed by atoms with Crippen molar-refractivity contribution in [1.29, 1.82) is 0 Å². The summed E-state index contributed by atoms with van der Waals surface area (Å²) >= 11 is 0. The first kappa shape index (κ1) is 14.4. The monoisotopic (exact) mass is 271 g/mol. The molecule has 20 heavy (non-hydrogen) atoms. The maximum absolute atomic E-state index is 12.0. The third-order valence-corrected chi connectivity index (χ3v) is 3.12. The summed E-state index contributed by atoms with van der Waals surface area (Å²) in [7, 11) is 0. The Labute approximate surface area is 119 Å². The molecule has 0 spiro atoms. The van der Waals surface area contributed by atoms with Crippen molar-refractivity contribution in [3.05, 3.63) is 48.0 Å². The lowest BCUT2D eigenvalue weighted by molar-refractivity contribution is -0.118. The number of nitrogens with zero attached hydrogens (tertiary/aromatic N) is 3. The van der Waals surface area contributed by atoms with Crippen LogP contribution in [-0.4, -0.2) is 20.5 Å². The molecule has 4 nitrogen and oxygen atoms in total. The highest BCUT2D eigenvalue weighted by Gasteiger charge is 2.11. The average molecular weight is 271 g/mol. The summed E-state index contributed by atoms with van der Waals surface area (Å²) < 4.78 is 1.84. The summed E-state index contributed by atoms with van der Waals surface area (Å²) in [6, 6.07) is 10.1. The lowest BCUT2D eigenvalue weighted by atomic mass is 10.1. The average Bonchev–Trinajstić information content (AvgIpc) is 2.84. The highest BCUT2D eigenvalue weighted by molar-refractivity contribution is 5.80. The van der Waals surface area contributed by atoms with Crippen molar-refractivity contribution in [1.82, 2.24) is 14.8 Å². The van der Waals surface area contributed by atoms with Crippen molar-refractivity contribution >= 4 is 5.78 Å². The van der Waals surface area contributed by atoms with E-state index in [2.05, 4.69) is 36.1 Å². The van der Waals surface area contributed by atoms with Crippen molar-refractivity contribution in [2.75, 3.05) is 0 Å². The predicted molar refractivity (Wildman–Crippen MR) is 78.3 cm³/mol. The third kappa shape index (κ3) is 4.30. The van der Waals surface area contributed by atoms with Crippen LogP contribution in [0, 0.1) is 5.92 Å². The van der Waals surface area contributed by atoms with E-state index in [-0.39, 0.29) is 5.78 Å². The minimum atomic E-state index is 0.215. The molecule has 0 amide bonds.